The van der Waals surface area contributed by atoms with Crippen LogP contribution in [0.3, 0.4) is 0 Å². The first-order valence-corrected chi connectivity index (χ1v) is 8.82. The SMILES string of the molecule is CO[C@@H]1CC[C@H]2[C@@H]3C=CC4=C(O)CC=C[C@]4(C)[C@H]3CC[C@]12C. The van der Waals surface area contributed by atoms with Gasteiger partial charge in [-0.2, -0.15) is 0 Å². The third-order valence-corrected chi connectivity index (χ3v) is 7.45. The van der Waals surface area contributed by atoms with Crippen LogP contribution in [0, 0.1) is 28.6 Å². The number of aliphatic hydroxyl groups excluding tert-OH is 1. The maximum Gasteiger partial charge on any atom is 0.100 e. The Bertz CT molecular complexity index is 572. The lowest BCUT2D eigenvalue weighted by atomic mass is 9.50. The van der Waals surface area contributed by atoms with Crippen LogP contribution >= 0.6 is 0 Å². The molecule has 4 aliphatic rings. The van der Waals surface area contributed by atoms with Gasteiger partial charge in [-0.1, -0.05) is 38.2 Å². The predicted octanol–water partition coefficient (Wildman–Crippen LogP) is 4.79. The molecule has 0 heterocycles. The van der Waals surface area contributed by atoms with E-state index in [4.69, 9.17) is 4.74 Å². The number of hydrogen-bond donors (Lipinski definition) is 1. The Balaban J connectivity index is 1.75. The van der Waals surface area contributed by atoms with Crippen molar-refractivity contribution < 1.29 is 9.84 Å². The van der Waals surface area contributed by atoms with Crippen LogP contribution < -0.4 is 0 Å². The van der Waals surface area contributed by atoms with Crippen molar-refractivity contribution in [2.75, 3.05) is 7.11 Å². The Morgan fingerprint density at radius 2 is 2.00 bits per heavy atom. The van der Waals surface area contributed by atoms with Gasteiger partial charge in [-0.3, -0.25) is 0 Å². The molecule has 4 rings (SSSR count). The van der Waals surface area contributed by atoms with E-state index in [1.54, 1.807) is 0 Å². The van der Waals surface area contributed by atoms with E-state index in [0.29, 0.717) is 35.5 Å². The molecule has 4 aliphatic carbocycles. The van der Waals surface area contributed by atoms with Crippen LogP contribution in [0.5, 0.6) is 0 Å². The average Bonchev–Trinajstić information content (AvgIpc) is 2.83. The van der Waals surface area contributed by atoms with Crippen molar-refractivity contribution in [3.8, 4) is 0 Å². The number of fused-ring (bicyclic) bond motifs is 5. The predicted molar refractivity (Wildman–Crippen MR) is 88.5 cm³/mol. The van der Waals surface area contributed by atoms with Crippen molar-refractivity contribution in [3.63, 3.8) is 0 Å². The highest BCUT2D eigenvalue weighted by molar-refractivity contribution is 5.42. The van der Waals surface area contributed by atoms with Crippen LogP contribution in [0.4, 0.5) is 0 Å². The summed E-state index contributed by atoms with van der Waals surface area (Å²) in [4.78, 5) is 0. The van der Waals surface area contributed by atoms with Gasteiger partial charge in [0.2, 0.25) is 0 Å². The lowest BCUT2D eigenvalue weighted by Crippen LogP contribution is -2.49. The molecule has 0 aromatic heterocycles. The molecule has 2 fully saturated rings. The number of aliphatic hydroxyl groups is 1. The van der Waals surface area contributed by atoms with E-state index in [0.717, 1.165) is 5.92 Å². The molecule has 0 spiro atoms. The van der Waals surface area contributed by atoms with Gasteiger partial charge in [-0.15, -0.1) is 0 Å². The van der Waals surface area contributed by atoms with Crippen LogP contribution in [0.1, 0.15) is 46.0 Å². The van der Waals surface area contributed by atoms with Crippen LogP contribution in [0.25, 0.3) is 0 Å². The molecule has 2 heteroatoms. The summed E-state index contributed by atoms with van der Waals surface area (Å²) in [6.45, 7) is 4.78. The molecule has 6 atom stereocenters. The number of hydrogen-bond acceptors (Lipinski definition) is 2. The zero-order valence-corrected chi connectivity index (χ0v) is 14.0. The van der Waals surface area contributed by atoms with Crippen molar-refractivity contribution in [3.05, 3.63) is 35.6 Å². The fourth-order valence-electron chi connectivity index (χ4n) is 6.23. The highest BCUT2D eigenvalue weighted by Gasteiger charge is 2.57. The van der Waals surface area contributed by atoms with Gasteiger partial charge in [0.05, 0.1) is 6.10 Å². The Kier molecular flexibility index (Phi) is 3.14. The summed E-state index contributed by atoms with van der Waals surface area (Å²) >= 11 is 0. The molecule has 2 nitrogen and oxygen atoms in total. The lowest BCUT2D eigenvalue weighted by molar-refractivity contribution is -0.0560. The van der Waals surface area contributed by atoms with E-state index in [-0.39, 0.29) is 5.41 Å². The summed E-state index contributed by atoms with van der Waals surface area (Å²) in [5.74, 6) is 2.56. The molecule has 22 heavy (non-hydrogen) atoms. The van der Waals surface area contributed by atoms with Gasteiger partial charge in [0.1, 0.15) is 5.76 Å². The molecule has 0 saturated heterocycles. The average molecular weight is 300 g/mol. The summed E-state index contributed by atoms with van der Waals surface area (Å²) in [7, 11) is 1.88. The van der Waals surface area contributed by atoms with E-state index in [1.807, 2.05) is 7.11 Å². The maximum absolute atomic E-state index is 10.3. The Morgan fingerprint density at radius 3 is 2.77 bits per heavy atom. The molecule has 0 aromatic carbocycles. The van der Waals surface area contributed by atoms with E-state index >= 15 is 0 Å². The first-order valence-electron chi connectivity index (χ1n) is 8.82. The molecule has 0 unspecified atom stereocenters. The van der Waals surface area contributed by atoms with Gasteiger partial charge in [0.25, 0.3) is 0 Å². The molecule has 0 bridgehead atoms. The van der Waals surface area contributed by atoms with Crippen LogP contribution in [0.15, 0.2) is 35.6 Å². The molecule has 0 radical (unpaired) electrons. The number of allylic oxidation sites excluding steroid dienone is 5. The smallest absolute Gasteiger partial charge is 0.100 e. The van der Waals surface area contributed by atoms with Gasteiger partial charge in [0, 0.05) is 18.9 Å². The first-order chi connectivity index (χ1) is 10.5. The van der Waals surface area contributed by atoms with Crippen LogP contribution in [0.2, 0.25) is 0 Å². The number of ether oxygens (including phenoxy) is 1. The van der Waals surface area contributed by atoms with Crippen molar-refractivity contribution in [1.29, 1.82) is 0 Å². The second-order valence-corrected chi connectivity index (χ2v) is 8.25. The third kappa shape index (κ3) is 1.71. The van der Waals surface area contributed by atoms with E-state index in [2.05, 4.69) is 38.2 Å². The van der Waals surface area contributed by atoms with Crippen LogP contribution in [-0.2, 0) is 4.74 Å². The summed E-state index contributed by atoms with van der Waals surface area (Å²) in [5.41, 5.74) is 1.52. The minimum absolute atomic E-state index is 0.0221. The summed E-state index contributed by atoms with van der Waals surface area (Å²) in [6, 6.07) is 0. The van der Waals surface area contributed by atoms with Crippen molar-refractivity contribution in [2.24, 2.45) is 28.6 Å². The second kappa shape index (κ2) is 4.74. The molecular formula is C20H28O2. The largest absolute Gasteiger partial charge is 0.512 e. The first kappa shape index (κ1) is 14.6. The highest BCUT2D eigenvalue weighted by atomic mass is 16.5. The molecular weight excluding hydrogens is 272 g/mol. The quantitative estimate of drug-likeness (QED) is 0.705. The van der Waals surface area contributed by atoms with Gasteiger partial charge in [0.15, 0.2) is 0 Å². The van der Waals surface area contributed by atoms with Crippen molar-refractivity contribution >= 4 is 0 Å². The third-order valence-electron chi connectivity index (χ3n) is 7.45. The fourth-order valence-corrected chi connectivity index (χ4v) is 6.23. The lowest BCUT2D eigenvalue weighted by Gasteiger charge is -2.54. The highest BCUT2D eigenvalue weighted by Crippen LogP contribution is 2.63. The number of methoxy groups -OCH3 is 1. The zero-order chi connectivity index (χ0) is 15.5. The van der Waals surface area contributed by atoms with Crippen molar-refractivity contribution in [1.82, 2.24) is 0 Å². The maximum atomic E-state index is 10.3. The molecule has 0 aliphatic heterocycles. The monoisotopic (exact) mass is 300 g/mol. The van der Waals surface area contributed by atoms with Crippen LogP contribution in [-0.4, -0.2) is 18.3 Å². The molecule has 2 saturated carbocycles. The van der Waals surface area contributed by atoms with Crippen molar-refractivity contribution in [2.45, 2.75) is 52.1 Å². The van der Waals surface area contributed by atoms with Gasteiger partial charge >= 0.3 is 0 Å². The molecule has 120 valence electrons. The van der Waals surface area contributed by atoms with Gasteiger partial charge in [-0.25, -0.2) is 0 Å². The Labute approximate surface area is 133 Å². The minimum atomic E-state index is 0.0221. The molecule has 0 amide bonds. The van der Waals surface area contributed by atoms with Gasteiger partial charge < -0.3 is 9.84 Å². The zero-order valence-electron chi connectivity index (χ0n) is 14.0. The Hall–Kier alpha value is -1.02. The minimum Gasteiger partial charge on any atom is -0.512 e. The van der Waals surface area contributed by atoms with Gasteiger partial charge in [-0.05, 0) is 54.4 Å². The topological polar surface area (TPSA) is 29.5 Å². The standard InChI is InChI=1S/C20H28O2/c1-19-11-4-5-17(21)16(19)7-6-13-14-8-9-18(22-3)20(14,2)12-10-15(13)19/h4,6-7,11,13-15,18,21H,5,8-10,12H2,1-3H3/t13-,14-,15-,18+,19+,20-/m0/s1. The summed E-state index contributed by atoms with van der Waals surface area (Å²) in [5, 5.41) is 10.3. The number of rotatable bonds is 1. The second-order valence-electron chi connectivity index (χ2n) is 8.25. The van der Waals surface area contributed by atoms with E-state index in [9.17, 15) is 5.11 Å². The normalized spacial score (nSPS) is 49.8. The van der Waals surface area contributed by atoms with E-state index < -0.39 is 0 Å². The Morgan fingerprint density at radius 1 is 1.18 bits per heavy atom. The van der Waals surface area contributed by atoms with E-state index in [1.165, 1.54) is 31.3 Å². The summed E-state index contributed by atoms with van der Waals surface area (Å²) < 4.78 is 5.82. The fraction of sp³-hybridized carbons (Fsp3) is 0.700. The molecule has 1 N–H and O–H groups in total. The summed E-state index contributed by atoms with van der Waals surface area (Å²) in [6.07, 6.45) is 15.3. The molecule has 0 aromatic rings.